The van der Waals surface area contributed by atoms with Crippen LogP contribution in [0.2, 0.25) is 0 Å². The minimum atomic E-state index is 0.781. The van der Waals surface area contributed by atoms with Crippen LogP contribution in [0.1, 0.15) is 34.1 Å². The fourth-order valence-electron chi connectivity index (χ4n) is 0.987. The van der Waals surface area contributed by atoms with E-state index in [0.29, 0.717) is 0 Å². The summed E-state index contributed by atoms with van der Waals surface area (Å²) < 4.78 is 5.25. The van der Waals surface area contributed by atoms with Gasteiger partial charge in [0.15, 0.2) is 0 Å². The zero-order valence-corrected chi connectivity index (χ0v) is 7.68. The first-order valence-electron chi connectivity index (χ1n) is 4.38. The van der Waals surface area contributed by atoms with Crippen molar-refractivity contribution in [2.75, 3.05) is 13.2 Å². The Morgan fingerprint density at radius 1 is 1.10 bits per heavy atom. The van der Waals surface area contributed by atoms with E-state index in [1.165, 1.54) is 6.42 Å². The van der Waals surface area contributed by atoms with Crippen molar-refractivity contribution >= 4 is 0 Å². The summed E-state index contributed by atoms with van der Waals surface area (Å²) in [5.74, 6) is 1.66. The average Bonchev–Trinajstić information content (AvgIpc) is 2.00. The highest BCUT2D eigenvalue weighted by Crippen LogP contribution is 2.19. The normalized spacial score (nSPS) is 32.4. The summed E-state index contributed by atoms with van der Waals surface area (Å²) >= 11 is 0. The highest BCUT2D eigenvalue weighted by molar-refractivity contribution is 4.64. The first kappa shape index (κ1) is 9.96. The van der Waals surface area contributed by atoms with Crippen molar-refractivity contribution < 1.29 is 4.74 Å². The van der Waals surface area contributed by atoms with Gasteiger partial charge in [-0.15, -0.1) is 0 Å². The maximum Gasteiger partial charge on any atom is 0.0494 e. The molecule has 0 aromatic rings. The Morgan fingerprint density at radius 2 is 1.70 bits per heavy atom. The van der Waals surface area contributed by atoms with Crippen molar-refractivity contribution in [3.8, 4) is 0 Å². The van der Waals surface area contributed by atoms with E-state index in [-0.39, 0.29) is 0 Å². The molecule has 0 N–H and O–H groups in total. The summed E-state index contributed by atoms with van der Waals surface area (Å²) in [7, 11) is 0. The van der Waals surface area contributed by atoms with Crippen molar-refractivity contribution in [3.05, 3.63) is 0 Å². The molecule has 0 bridgehead atoms. The second kappa shape index (κ2) is 5.72. The summed E-state index contributed by atoms with van der Waals surface area (Å²) in [5.41, 5.74) is 0. The van der Waals surface area contributed by atoms with Crippen molar-refractivity contribution in [1.29, 1.82) is 0 Å². The largest absolute Gasteiger partial charge is 0.381 e. The maximum absolute atomic E-state index is 5.25. The van der Waals surface area contributed by atoms with Gasteiger partial charge in [-0.3, -0.25) is 0 Å². The van der Waals surface area contributed by atoms with Crippen molar-refractivity contribution in [2.24, 2.45) is 11.8 Å². The predicted octanol–water partition coefficient (Wildman–Crippen LogP) is 2.71. The molecule has 0 aromatic carbocycles. The minimum absolute atomic E-state index is 0.781. The molecule has 1 nitrogen and oxygen atoms in total. The van der Waals surface area contributed by atoms with E-state index in [1.807, 2.05) is 13.8 Å². The topological polar surface area (TPSA) is 9.23 Å². The summed E-state index contributed by atoms with van der Waals surface area (Å²) in [6, 6.07) is 0. The molecule has 1 aliphatic rings. The molecule has 0 aliphatic carbocycles. The number of rotatable bonds is 0. The highest BCUT2D eigenvalue weighted by atomic mass is 16.5. The molecule has 0 spiro atoms. The van der Waals surface area contributed by atoms with Crippen molar-refractivity contribution in [3.63, 3.8) is 0 Å². The number of ether oxygens (including phenoxy) is 1. The molecule has 2 atom stereocenters. The number of hydrogen-bond acceptors (Lipinski definition) is 1. The van der Waals surface area contributed by atoms with Gasteiger partial charge in [-0.05, 0) is 18.3 Å². The van der Waals surface area contributed by atoms with E-state index in [1.54, 1.807) is 0 Å². The van der Waals surface area contributed by atoms with E-state index in [0.717, 1.165) is 25.0 Å². The molecule has 1 unspecified atom stereocenters. The lowest BCUT2D eigenvalue weighted by Crippen LogP contribution is -2.22. The highest BCUT2D eigenvalue weighted by Gasteiger charge is 2.16. The molecular formula is C9H20O. The van der Waals surface area contributed by atoms with Crippen LogP contribution in [-0.4, -0.2) is 13.2 Å². The Bertz CT molecular complexity index is 61.1. The van der Waals surface area contributed by atoms with Gasteiger partial charge in [-0.2, -0.15) is 0 Å². The van der Waals surface area contributed by atoms with Crippen LogP contribution in [-0.2, 0) is 4.74 Å². The molecule has 1 saturated heterocycles. The molecule has 10 heavy (non-hydrogen) atoms. The third-order valence-electron chi connectivity index (χ3n) is 2.07. The van der Waals surface area contributed by atoms with Gasteiger partial charge in [0.05, 0.1) is 0 Å². The SMILES string of the molecule is CC.CC1CCOC[C@@H]1C. The Morgan fingerprint density at radius 3 is 2.00 bits per heavy atom. The summed E-state index contributed by atoms with van der Waals surface area (Å²) in [5, 5.41) is 0. The van der Waals surface area contributed by atoms with Gasteiger partial charge in [0.2, 0.25) is 0 Å². The van der Waals surface area contributed by atoms with Crippen molar-refractivity contribution in [1.82, 2.24) is 0 Å². The van der Waals surface area contributed by atoms with Crippen LogP contribution in [0.3, 0.4) is 0 Å². The molecule has 62 valence electrons. The standard InChI is InChI=1S/C7H14O.C2H6/c1-6-3-4-8-5-7(6)2;1-2/h6-7H,3-5H2,1-2H3;1-2H3/t6?,7-;/m0./s1. The first-order chi connectivity index (χ1) is 4.80. The summed E-state index contributed by atoms with van der Waals surface area (Å²) in [6.07, 6.45) is 1.25. The van der Waals surface area contributed by atoms with Gasteiger partial charge in [0, 0.05) is 13.2 Å². The Balaban J connectivity index is 0.000000371. The molecule has 0 radical (unpaired) electrons. The lowest BCUT2D eigenvalue weighted by molar-refractivity contribution is 0.0303. The molecule has 1 heterocycles. The Hall–Kier alpha value is -0.0400. The zero-order chi connectivity index (χ0) is 7.98. The molecular weight excluding hydrogens is 124 g/mol. The van der Waals surface area contributed by atoms with Crippen LogP contribution in [0.4, 0.5) is 0 Å². The van der Waals surface area contributed by atoms with Crippen LogP contribution in [0.15, 0.2) is 0 Å². The van der Waals surface area contributed by atoms with E-state index in [2.05, 4.69) is 13.8 Å². The average molecular weight is 144 g/mol. The van der Waals surface area contributed by atoms with E-state index in [9.17, 15) is 0 Å². The third-order valence-corrected chi connectivity index (χ3v) is 2.07. The van der Waals surface area contributed by atoms with Gasteiger partial charge < -0.3 is 4.74 Å². The second-order valence-electron chi connectivity index (χ2n) is 2.82. The van der Waals surface area contributed by atoms with E-state index in [4.69, 9.17) is 4.74 Å². The summed E-state index contributed by atoms with van der Waals surface area (Å²) in [4.78, 5) is 0. The van der Waals surface area contributed by atoms with Gasteiger partial charge in [-0.25, -0.2) is 0 Å². The molecule has 1 heteroatoms. The van der Waals surface area contributed by atoms with Crippen LogP contribution in [0.5, 0.6) is 0 Å². The third kappa shape index (κ3) is 3.21. The minimum Gasteiger partial charge on any atom is -0.381 e. The molecule has 0 amide bonds. The van der Waals surface area contributed by atoms with Crippen LogP contribution in [0.25, 0.3) is 0 Å². The second-order valence-corrected chi connectivity index (χ2v) is 2.82. The fourth-order valence-corrected chi connectivity index (χ4v) is 0.987. The molecule has 1 fully saturated rings. The molecule has 0 aromatic heterocycles. The molecule has 1 rings (SSSR count). The monoisotopic (exact) mass is 144 g/mol. The van der Waals surface area contributed by atoms with Gasteiger partial charge in [0.1, 0.15) is 0 Å². The first-order valence-corrected chi connectivity index (χ1v) is 4.38. The Labute approximate surface area is 64.8 Å². The smallest absolute Gasteiger partial charge is 0.0494 e. The van der Waals surface area contributed by atoms with Gasteiger partial charge in [0.25, 0.3) is 0 Å². The van der Waals surface area contributed by atoms with E-state index < -0.39 is 0 Å². The van der Waals surface area contributed by atoms with Crippen LogP contribution in [0, 0.1) is 11.8 Å². The van der Waals surface area contributed by atoms with Crippen molar-refractivity contribution in [2.45, 2.75) is 34.1 Å². The van der Waals surface area contributed by atoms with Crippen LogP contribution >= 0.6 is 0 Å². The number of hydrogen-bond donors (Lipinski definition) is 0. The summed E-state index contributed by atoms with van der Waals surface area (Å²) in [6.45, 7) is 10.5. The quantitative estimate of drug-likeness (QED) is 0.508. The van der Waals surface area contributed by atoms with Gasteiger partial charge in [-0.1, -0.05) is 27.7 Å². The van der Waals surface area contributed by atoms with Gasteiger partial charge >= 0.3 is 0 Å². The van der Waals surface area contributed by atoms with E-state index >= 15 is 0 Å². The molecule has 0 saturated carbocycles. The Kier molecular flexibility index (Phi) is 5.70. The fraction of sp³-hybridized carbons (Fsp3) is 1.00. The predicted molar refractivity (Wildman–Crippen MR) is 45.1 cm³/mol. The molecule has 1 aliphatic heterocycles. The lowest BCUT2D eigenvalue weighted by atomic mass is 9.92. The lowest BCUT2D eigenvalue weighted by Gasteiger charge is -2.24. The van der Waals surface area contributed by atoms with Crippen LogP contribution < -0.4 is 0 Å². The maximum atomic E-state index is 5.25. The zero-order valence-electron chi connectivity index (χ0n) is 7.68.